The van der Waals surface area contributed by atoms with E-state index in [4.69, 9.17) is 5.11 Å². The SMILES string of the molecule is CC(N[SH](=O)=O)C(=O)O. The van der Waals surface area contributed by atoms with Gasteiger partial charge in [-0.1, -0.05) is 0 Å². The van der Waals surface area contributed by atoms with Crippen molar-refractivity contribution >= 4 is 16.9 Å². The zero-order valence-electron chi connectivity index (χ0n) is 4.70. The van der Waals surface area contributed by atoms with Crippen LogP contribution >= 0.6 is 0 Å². The van der Waals surface area contributed by atoms with Crippen LogP contribution in [0.15, 0.2) is 0 Å². The largest absolute Gasteiger partial charge is 0.480 e. The van der Waals surface area contributed by atoms with Crippen LogP contribution in [0.3, 0.4) is 0 Å². The van der Waals surface area contributed by atoms with Crippen LogP contribution in [0.4, 0.5) is 0 Å². The van der Waals surface area contributed by atoms with E-state index in [-0.39, 0.29) is 0 Å². The van der Waals surface area contributed by atoms with E-state index in [0.717, 1.165) is 0 Å². The quantitative estimate of drug-likeness (QED) is 0.434. The van der Waals surface area contributed by atoms with E-state index in [1.54, 1.807) is 4.72 Å². The smallest absolute Gasteiger partial charge is 0.321 e. The maximum Gasteiger partial charge on any atom is 0.321 e. The van der Waals surface area contributed by atoms with Crippen LogP contribution in [0.5, 0.6) is 0 Å². The lowest BCUT2D eigenvalue weighted by molar-refractivity contribution is -0.138. The van der Waals surface area contributed by atoms with Gasteiger partial charge in [-0.2, -0.15) is 0 Å². The van der Waals surface area contributed by atoms with Crippen LogP contribution < -0.4 is 4.72 Å². The fraction of sp³-hybridized carbons (Fsp3) is 0.667. The summed E-state index contributed by atoms with van der Waals surface area (Å²) in [5.74, 6) is -1.19. The van der Waals surface area contributed by atoms with Gasteiger partial charge in [0, 0.05) is 0 Å². The van der Waals surface area contributed by atoms with Crippen molar-refractivity contribution in [3.8, 4) is 0 Å². The molecule has 0 radical (unpaired) electrons. The average molecular weight is 153 g/mol. The van der Waals surface area contributed by atoms with Gasteiger partial charge in [-0.3, -0.25) is 4.79 Å². The van der Waals surface area contributed by atoms with Gasteiger partial charge in [0.2, 0.25) is 10.9 Å². The molecule has 1 atom stereocenters. The topological polar surface area (TPSA) is 83.5 Å². The van der Waals surface area contributed by atoms with Gasteiger partial charge in [-0.05, 0) is 6.92 Å². The number of hydrogen-bond acceptors (Lipinski definition) is 3. The lowest BCUT2D eigenvalue weighted by Gasteiger charge is -1.99. The number of carboxylic acids is 1. The van der Waals surface area contributed by atoms with Crippen LogP contribution in [0, 0.1) is 0 Å². The maximum absolute atomic E-state index is 9.90. The Morgan fingerprint density at radius 1 is 1.67 bits per heavy atom. The van der Waals surface area contributed by atoms with E-state index >= 15 is 0 Å². The molecule has 0 amide bonds. The van der Waals surface area contributed by atoms with Gasteiger partial charge in [-0.25, -0.2) is 13.1 Å². The Morgan fingerprint density at radius 2 is 2.11 bits per heavy atom. The monoisotopic (exact) mass is 153 g/mol. The Morgan fingerprint density at radius 3 is 2.22 bits per heavy atom. The highest BCUT2D eigenvalue weighted by atomic mass is 32.2. The van der Waals surface area contributed by atoms with Gasteiger partial charge < -0.3 is 5.11 Å². The van der Waals surface area contributed by atoms with Gasteiger partial charge in [0.1, 0.15) is 6.04 Å². The Hall–Kier alpha value is -0.620. The predicted octanol–water partition coefficient (Wildman–Crippen LogP) is -1.42. The van der Waals surface area contributed by atoms with E-state index in [1.807, 2.05) is 0 Å². The van der Waals surface area contributed by atoms with Crippen molar-refractivity contribution in [2.24, 2.45) is 0 Å². The summed E-state index contributed by atoms with van der Waals surface area (Å²) in [6.07, 6.45) is 0. The fourth-order valence-corrected chi connectivity index (χ4v) is 0.640. The Kier molecular flexibility index (Phi) is 3.18. The molecule has 0 fully saturated rings. The minimum Gasteiger partial charge on any atom is -0.480 e. The summed E-state index contributed by atoms with van der Waals surface area (Å²) in [6, 6.07) is -1.04. The molecule has 0 bridgehead atoms. The van der Waals surface area contributed by atoms with Crippen LogP contribution in [0.1, 0.15) is 6.92 Å². The zero-order valence-corrected chi connectivity index (χ0v) is 5.59. The lowest BCUT2D eigenvalue weighted by Crippen LogP contribution is -2.32. The third-order valence-corrected chi connectivity index (χ3v) is 1.27. The van der Waals surface area contributed by atoms with E-state index < -0.39 is 22.9 Å². The summed E-state index contributed by atoms with van der Waals surface area (Å²) in [7, 11) is -2.80. The fourth-order valence-electron chi connectivity index (χ4n) is 0.213. The number of nitrogens with one attached hydrogen (secondary N) is 1. The summed E-state index contributed by atoms with van der Waals surface area (Å²) < 4.78 is 21.3. The minimum atomic E-state index is -2.80. The summed E-state index contributed by atoms with van der Waals surface area (Å²) in [5.41, 5.74) is 0. The second-order valence-corrected chi connectivity index (χ2v) is 2.22. The molecule has 0 aliphatic carbocycles. The van der Waals surface area contributed by atoms with Crippen LogP contribution in [0.2, 0.25) is 0 Å². The summed E-state index contributed by atoms with van der Waals surface area (Å²) >= 11 is 0. The predicted molar refractivity (Wildman–Crippen MR) is 30.5 cm³/mol. The number of carbonyl (C=O) groups is 1. The van der Waals surface area contributed by atoms with Gasteiger partial charge in [0.25, 0.3) is 0 Å². The molecule has 9 heavy (non-hydrogen) atoms. The first-order valence-electron chi connectivity index (χ1n) is 2.17. The van der Waals surface area contributed by atoms with E-state index in [2.05, 4.69) is 0 Å². The van der Waals surface area contributed by atoms with Crippen LogP contribution in [0.25, 0.3) is 0 Å². The summed E-state index contributed by atoms with van der Waals surface area (Å²) in [4.78, 5) is 9.90. The Labute approximate surface area is 53.8 Å². The van der Waals surface area contributed by atoms with E-state index in [1.165, 1.54) is 6.92 Å². The van der Waals surface area contributed by atoms with Gasteiger partial charge in [0.15, 0.2) is 0 Å². The molecule has 0 heterocycles. The van der Waals surface area contributed by atoms with Crippen molar-refractivity contribution in [1.29, 1.82) is 0 Å². The molecule has 0 aromatic carbocycles. The van der Waals surface area contributed by atoms with Gasteiger partial charge in [-0.15, -0.1) is 0 Å². The first-order valence-corrected chi connectivity index (χ1v) is 3.35. The Bertz CT molecular complexity index is 167. The molecular weight excluding hydrogens is 146 g/mol. The number of rotatable bonds is 3. The molecule has 6 heteroatoms. The summed E-state index contributed by atoms with van der Waals surface area (Å²) in [6.45, 7) is 1.24. The third-order valence-electron chi connectivity index (χ3n) is 0.669. The second-order valence-electron chi connectivity index (χ2n) is 1.45. The van der Waals surface area contributed by atoms with Crippen molar-refractivity contribution in [3.05, 3.63) is 0 Å². The maximum atomic E-state index is 9.90. The normalized spacial score (nSPS) is 13.6. The minimum absolute atomic E-state index is 1.04. The number of thiol groups is 1. The van der Waals surface area contributed by atoms with Crippen molar-refractivity contribution < 1.29 is 18.3 Å². The highest BCUT2D eigenvalue weighted by Gasteiger charge is 2.08. The van der Waals surface area contributed by atoms with Gasteiger partial charge >= 0.3 is 5.97 Å². The van der Waals surface area contributed by atoms with Crippen LogP contribution in [-0.4, -0.2) is 25.5 Å². The van der Waals surface area contributed by atoms with Crippen LogP contribution in [-0.2, 0) is 15.7 Å². The van der Waals surface area contributed by atoms with E-state index in [9.17, 15) is 13.2 Å². The molecule has 0 aliphatic heterocycles. The first kappa shape index (κ1) is 8.38. The molecule has 5 nitrogen and oxygen atoms in total. The second kappa shape index (κ2) is 3.41. The molecule has 0 saturated heterocycles. The number of hydrogen-bond donors (Lipinski definition) is 3. The molecule has 0 spiro atoms. The molecule has 0 aromatic rings. The molecular formula is C3H7NO4S. The van der Waals surface area contributed by atoms with Crippen molar-refractivity contribution in [2.75, 3.05) is 0 Å². The summed E-state index contributed by atoms with van der Waals surface area (Å²) in [5, 5.41) is 8.10. The Balaban J connectivity index is 3.77. The molecule has 0 saturated carbocycles. The molecule has 0 rings (SSSR count). The third kappa shape index (κ3) is 3.92. The lowest BCUT2D eigenvalue weighted by atomic mass is 10.4. The van der Waals surface area contributed by atoms with Crippen molar-refractivity contribution in [1.82, 2.24) is 4.72 Å². The van der Waals surface area contributed by atoms with Crippen molar-refractivity contribution in [3.63, 3.8) is 0 Å². The van der Waals surface area contributed by atoms with Crippen molar-refractivity contribution in [2.45, 2.75) is 13.0 Å². The number of aliphatic carboxylic acids is 1. The number of carboxylic acid groups (broad SMARTS) is 1. The molecule has 0 aromatic heterocycles. The average Bonchev–Trinajstić information content (AvgIpc) is 1.63. The molecule has 1 unspecified atom stereocenters. The van der Waals surface area contributed by atoms with E-state index in [0.29, 0.717) is 0 Å². The molecule has 54 valence electrons. The standard InChI is InChI=1S/C3H7NO4S/c1-2(3(5)6)4-9(7)8/h2,9H,1H3,(H,5,6)(H,4,7,8). The van der Waals surface area contributed by atoms with Gasteiger partial charge in [0.05, 0.1) is 0 Å². The molecule has 0 aliphatic rings. The first-order chi connectivity index (χ1) is 4.04. The highest BCUT2D eigenvalue weighted by molar-refractivity contribution is 7.70. The highest BCUT2D eigenvalue weighted by Crippen LogP contribution is 1.77. The molecule has 2 N–H and O–H groups in total. The zero-order chi connectivity index (χ0) is 7.44.